The molecule has 0 unspecified atom stereocenters. The number of benzene rings is 3. The predicted molar refractivity (Wildman–Crippen MR) is 116 cm³/mol. The molecular formula is C24H24N2O4. The maximum absolute atomic E-state index is 12.0. The first kappa shape index (κ1) is 20.9. The number of nitrogens with zero attached hydrogens (tertiary/aromatic N) is 1. The van der Waals surface area contributed by atoms with Gasteiger partial charge in [0.25, 0.3) is 5.91 Å². The molecule has 0 atom stereocenters. The van der Waals surface area contributed by atoms with Crippen LogP contribution in [0.3, 0.4) is 0 Å². The Morgan fingerprint density at radius 1 is 0.867 bits per heavy atom. The summed E-state index contributed by atoms with van der Waals surface area (Å²) >= 11 is 0. The van der Waals surface area contributed by atoms with Gasteiger partial charge in [-0.05, 0) is 54.4 Å². The van der Waals surface area contributed by atoms with Crippen molar-refractivity contribution in [2.75, 3.05) is 13.7 Å². The van der Waals surface area contributed by atoms with Crippen LogP contribution in [0.15, 0.2) is 84.0 Å². The standard InChI is InChI=1S/C24H24N2O4/c1-18(25-26-24(27)17-30-23-10-6-9-22(15-23)28-2)20-11-13-21(14-12-20)29-16-19-7-4-3-5-8-19/h3-15H,16-17H2,1-2H3,(H,26,27). The SMILES string of the molecule is COc1cccc(OCC(=O)NN=C(C)c2ccc(OCc3ccccc3)cc2)c1. The third kappa shape index (κ3) is 6.38. The van der Waals surface area contributed by atoms with Gasteiger partial charge in [0, 0.05) is 6.07 Å². The summed E-state index contributed by atoms with van der Waals surface area (Å²) < 4.78 is 16.4. The summed E-state index contributed by atoms with van der Waals surface area (Å²) in [5.74, 6) is 1.64. The quantitative estimate of drug-likeness (QED) is 0.429. The van der Waals surface area contributed by atoms with Crippen molar-refractivity contribution in [3.8, 4) is 17.2 Å². The molecule has 0 saturated carbocycles. The van der Waals surface area contributed by atoms with Gasteiger partial charge >= 0.3 is 0 Å². The molecule has 0 aromatic heterocycles. The fraction of sp³-hybridized carbons (Fsp3) is 0.167. The first-order chi connectivity index (χ1) is 14.6. The van der Waals surface area contributed by atoms with Crippen molar-refractivity contribution >= 4 is 11.6 Å². The Bertz CT molecular complexity index is 986. The average Bonchev–Trinajstić information content (AvgIpc) is 2.81. The molecule has 0 spiro atoms. The van der Waals surface area contributed by atoms with Gasteiger partial charge in [-0.2, -0.15) is 5.10 Å². The van der Waals surface area contributed by atoms with Crippen LogP contribution in [-0.2, 0) is 11.4 Å². The number of carbonyl (C=O) groups is 1. The highest BCUT2D eigenvalue weighted by Crippen LogP contribution is 2.18. The van der Waals surface area contributed by atoms with E-state index in [1.807, 2.05) is 61.5 Å². The van der Waals surface area contributed by atoms with Crippen LogP contribution in [0.25, 0.3) is 0 Å². The smallest absolute Gasteiger partial charge is 0.277 e. The molecule has 0 radical (unpaired) electrons. The van der Waals surface area contributed by atoms with Crippen molar-refractivity contribution in [3.63, 3.8) is 0 Å². The molecule has 0 heterocycles. The molecule has 0 bridgehead atoms. The number of nitrogens with one attached hydrogen (secondary N) is 1. The minimum absolute atomic E-state index is 0.143. The highest BCUT2D eigenvalue weighted by atomic mass is 16.5. The van der Waals surface area contributed by atoms with Gasteiger partial charge in [0.1, 0.15) is 23.9 Å². The van der Waals surface area contributed by atoms with Crippen LogP contribution < -0.4 is 19.6 Å². The Morgan fingerprint density at radius 3 is 2.33 bits per heavy atom. The van der Waals surface area contributed by atoms with E-state index < -0.39 is 0 Å². The molecule has 0 aliphatic carbocycles. The number of hydrazone groups is 1. The van der Waals surface area contributed by atoms with Gasteiger partial charge in [-0.1, -0.05) is 36.4 Å². The van der Waals surface area contributed by atoms with E-state index in [-0.39, 0.29) is 12.5 Å². The number of ether oxygens (including phenoxy) is 3. The molecule has 3 aromatic rings. The van der Waals surface area contributed by atoms with Crippen LogP contribution in [0.2, 0.25) is 0 Å². The third-order valence-electron chi connectivity index (χ3n) is 4.28. The molecule has 3 aromatic carbocycles. The number of methoxy groups -OCH3 is 1. The Hall–Kier alpha value is -3.80. The predicted octanol–water partition coefficient (Wildman–Crippen LogP) is 4.19. The zero-order valence-corrected chi connectivity index (χ0v) is 17.0. The number of carbonyl (C=O) groups excluding carboxylic acids is 1. The molecule has 0 aliphatic heterocycles. The fourth-order valence-corrected chi connectivity index (χ4v) is 2.62. The Morgan fingerprint density at radius 2 is 1.60 bits per heavy atom. The maximum Gasteiger partial charge on any atom is 0.277 e. The van der Waals surface area contributed by atoms with E-state index in [0.29, 0.717) is 23.8 Å². The van der Waals surface area contributed by atoms with E-state index >= 15 is 0 Å². The van der Waals surface area contributed by atoms with Crippen LogP contribution in [0.5, 0.6) is 17.2 Å². The Balaban J connectivity index is 1.47. The summed E-state index contributed by atoms with van der Waals surface area (Å²) in [7, 11) is 1.57. The molecule has 1 N–H and O–H groups in total. The fourth-order valence-electron chi connectivity index (χ4n) is 2.62. The zero-order chi connectivity index (χ0) is 21.2. The molecule has 0 saturated heterocycles. The van der Waals surface area contributed by atoms with Crippen molar-refractivity contribution in [1.29, 1.82) is 0 Å². The van der Waals surface area contributed by atoms with E-state index in [2.05, 4.69) is 10.5 Å². The average molecular weight is 404 g/mol. The van der Waals surface area contributed by atoms with Crippen molar-refractivity contribution in [2.45, 2.75) is 13.5 Å². The van der Waals surface area contributed by atoms with Crippen molar-refractivity contribution < 1.29 is 19.0 Å². The Labute approximate surface area is 176 Å². The number of hydrogen-bond donors (Lipinski definition) is 1. The second kappa shape index (κ2) is 10.7. The van der Waals surface area contributed by atoms with Crippen LogP contribution >= 0.6 is 0 Å². The van der Waals surface area contributed by atoms with Crippen LogP contribution in [-0.4, -0.2) is 25.3 Å². The van der Waals surface area contributed by atoms with Gasteiger partial charge < -0.3 is 14.2 Å². The van der Waals surface area contributed by atoms with Crippen molar-refractivity contribution in [2.24, 2.45) is 5.10 Å². The highest BCUT2D eigenvalue weighted by molar-refractivity contribution is 5.99. The molecule has 6 heteroatoms. The van der Waals surface area contributed by atoms with Gasteiger partial charge in [0.05, 0.1) is 12.8 Å². The lowest BCUT2D eigenvalue weighted by Crippen LogP contribution is -2.25. The monoisotopic (exact) mass is 404 g/mol. The van der Waals surface area contributed by atoms with Crippen molar-refractivity contribution in [1.82, 2.24) is 5.43 Å². The van der Waals surface area contributed by atoms with E-state index in [0.717, 1.165) is 16.9 Å². The molecule has 0 aliphatic rings. The van der Waals surface area contributed by atoms with Crippen LogP contribution in [0, 0.1) is 0 Å². The lowest BCUT2D eigenvalue weighted by atomic mass is 10.1. The van der Waals surface area contributed by atoms with E-state index in [1.54, 1.807) is 31.4 Å². The van der Waals surface area contributed by atoms with Crippen LogP contribution in [0.4, 0.5) is 0 Å². The first-order valence-electron chi connectivity index (χ1n) is 9.51. The molecule has 1 amide bonds. The molecule has 154 valence electrons. The van der Waals surface area contributed by atoms with E-state index in [9.17, 15) is 4.79 Å². The number of rotatable bonds is 9. The summed E-state index contributed by atoms with van der Waals surface area (Å²) in [5, 5.41) is 4.14. The number of amides is 1. The van der Waals surface area contributed by atoms with E-state index in [1.165, 1.54) is 0 Å². The molecule has 0 fully saturated rings. The first-order valence-corrected chi connectivity index (χ1v) is 9.51. The van der Waals surface area contributed by atoms with Crippen molar-refractivity contribution in [3.05, 3.63) is 90.0 Å². The Kier molecular flexibility index (Phi) is 7.44. The zero-order valence-electron chi connectivity index (χ0n) is 17.0. The maximum atomic E-state index is 12.0. The van der Waals surface area contributed by atoms with Gasteiger partial charge in [0.15, 0.2) is 6.61 Å². The summed E-state index contributed by atoms with van der Waals surface area (Å²) in [6.45, 7) is 2.19. The number of hydrogen-bond acceptors (Lipinski definition) is 5. The summed E-state index contributed by atoms with van der Waals surface area (Å²) in [6, 6.07) is 24.6. The summed E-state index contributed by atoms with van der Waals surface area (Å²) in [4.78, 5) is 12.0. The van der Waals surface area contributed by atoms with Gasteiger partial charge in [-0.25, -0.2) is 5.43 Å². The second-order valence-electron chi connectivity index (χ2n) is 6.50. The minimum Gasteiger partial charge on any atom is -0.497 e. The topological polar surface area (TPSA) is 69.2 Å². The lowest BCUT2D eigenvalue weighted by Gasteiger charge is -2.08. The van der Waals surface area contributed by atoms with Gasteiger partial charge in [-0.3, -0.25) is 4.79 Å². The largest absolute Gasteiger partial charge is 0.497 e. The molecule has 6 nitrogen and oxygen atoms in total. The summed E-state index contributed by atoms with van der Waals surface area (Å²) in [6.07, 6.45) is 0. The normalized spacial score (nSPS) is 10.9. The van der Waals surface area contributed by atoms with Crippen LogP contribution in [0.1, 0.15) is 18.1 Å². The van der Waals surface area contributed by atoms with Gasteiger partial charge in [0.2, 0.25) is 0 Å². The molecule has 30 heavy (non-hydrogen) atoms. The lowest BCUT2D eigenvalue weighted by molar-refractivity contribution is -0.123. The summed E-state index contributed by atoms with van der Waals surface area (Å²) in [5.41, 5.74) is 5.18. The second-order valence-corrected chi connectivity index (χ2v) is 6.50. The third-order valence-corrected chi connectivity index (χ3v) is 4.28. The minimum atomic E-state index is -0.347. The molecule has 3 rings (SSSR count). The van der Waals surface area contributed by atoms with Gasteiger partial charge in [-0.15, -0.1) is 0 Å². The highest BCUT2D eigenvalue weighted by Gasteiger charge is 2.04. The molecular weight excluding hydrogens is 380 g/mol. The van der Waals surface area contributed by atoms with E-state index in [4.69, 9.17) is 14.2 Å².